The van der Waals surface area contributed by atoms with Gasteiger partial charge in [0.05, 0.1) is 29.6 Å². The minimum atomic E-state index is -0.644. The molecule has 5 rings (SSSR count). The van der Waals surface area contributed by atoms with Crippen molar-refractivity contribution < 1.29 is 24.2 Å². The molecule has 3 N–H and O–H groups in total. The van der Waals surface area contributed by atoms with Crippen molar-refractivity contribution in [2.75, 3.05) is 39.3 Å². The molecule has 0 unspecified atom stereocenters. The molecule has 0 saturated carbocycles. The van der Waals surface area contributed by atoms with Crippen LogP contribution < -0.4 is 15.4 Å². The van der Waals surface area contributed by atoms with E-state index in [9.17, 15) is 9.59 Å². The van der Waals surface area contributed by atoms with Crippen LogP contribution in [0.15, 0.2) is 48.7 Å². The molecule has 2 aromatic carbocycles. The molecule has 10 nitrogen and oxygen atoms in total. The van der Waals surface area contributed by atoms with Crippen LogP contribution in [0.4, 0.5) is 5.95 Å². The van der Waals surface area contributed by atoms with Crippen molar-refractivity contribution >= 4 is 29.4 Å². The van der Waals surface area contributed by atoms with Gasteiger partial charge in [-0.2, -0.15) is 0 Å². The summed E-state index contributed by atoms with van der Waals surface area (Å²) in [4.78, 5) is 36.8. The molecule has 0 aliphatic carbocycles. The molecule has 2 amide bonds. The van der Waals surface area contributed by atoms with E-state index in [0.717, 1.165) is 36.6 Å². The number of aliphatic hydroxyl groups is 1. The molecular formula is C30H36ClN5O5. The summed E-state index contributed by atoms with van der Waals surface area (Å²) in [5.74, 6) is 0.759. The largest absolute Gasteiger partial charge is 0.497 e. The summed E-state index contributed by atoms with van der Waals surface area (Å²) >= 11 is 6.46. The number of halogens is 1. The van der Waals surface area contributed by atoms with Gasteiger partial charge in [-0.3, -0.25) is 9.59 Å². The number of amides is 2. The van der Waals surface area contributed by atoms with Gasteiger partial charge in [0.25, 0.3) is 5.91 Å². The second kappa shape index (κ2) is 13.3. The molecule has 11 heteroatoms. The first-order chi connectivity index (χ1) is 19.7. The predicted octanol–water partition coefficient (Wildman–Crippen LogP) is 4.01. The monoisotopic (exact) mass is 581 g/mol. The minimum absolute atomic E-state index is 0.0519. The highest BCUT2D eigenvalue weighted by Gasteiger charge is 2.31. The number of nitrogens with zero attached hydrogens (tertiary/aromatic N) is 3. The first kappa shape index (κ1) is 30.2. The van der Waals surface area contributed by atoms with E-state index in [1.165, 1.54) is 0 Å². The molecule has 2 aliphatic heterocycles. The van der Waals surface area contributed by atoms with E-state index in [1.807, 2.05) is 50.2 Å². The van der Waals surface area contributed by atoms with Crippen LogP contribution in [-0.4, -0.2) is 71.8 Å². The summed E-state index contributed by atoms with van der Waals surface area (Å²) in [7, 11) is 2.61. The summed E-state index contributed by atoms with van der Waals surface area (Å²) < 4.78 is 10.7. The van der Waals surface area contributed by atoms with Crippen molar-refractivity contribution in [3.8, 4) is 17.0 Å². The zero-order valence-electron chi connectivity index (χ0n) is 23.7. The van der Waals surface area contributed by atoms with Gasteiger partial charge in [-0.1, -0.05) is 35.9 Å². The molecule has 218 valence electrons. The SMILES string of the molecule is CO.COc1cccc(C(C)(C)NC(=O)CN2Cc3ccc(-c4nc(NC5CCOCC5)ncc4Cl)cc3C2=O)c1. The Balaban J connectivity index is 0.00000189. The first-order valence-corrected chi connectivity index (χ1v) is 13.8. The van der Waals surface area contributed by atoms with Gasteiger partial charge in [0.2, 0.25) is 11.9 Å². The lowest BCUT2D eigenvalue weighted by atomic mass is 9.94. The highest BCUT2D eigenvalue weighted by Crippen LogP contribution is 2.32. The standard InChI is InChI=1S/C29H32ClN5O4.CH4O/c1-29(2,20-5-4-6-22(14-20)38-3)34-25(36)17-35-16-19-8-7-18(13-23(19)27(35)37)26-24(30)15-31-28(33-26)32-21-9-11-39-12-10-21;1-2/h4-8,13-15,21H,9-12,16-17H2,1-3H3,(H,34,36)(H,31,32,33);2H,1H3. The Morgan fingerprint density at radius 2 is 1.95 bits per heavy atom. The second-order valence-electron chi connectivity index (χ2n) is 10.4. The first-order valence-electron chi connectivity index (χ1n) is 13.4. The predicted molar refractivity (Wildman–Crippen MR) is 157 cm³/mol. The van der Waals surface area contributed by atoms with E-state index in [4.69, 9.17) is 26.2 Å². The number of rotatable bonds is 8. The van der Waals surface area contributed by atoms with Crippen LogP contribution in [0.1, 0.15) is 48.2 Å². The molecule has 0 bridgehead atoms. The summed E-state index contributed by atoms with van der Waals surface area (Å²) in [6.07, 6.45) is 3.34. The highest BCUT2D eigenvalue weighted by atomic mass is 35.5. The van der Waals surface area contributed by atoms with Gasteiger partial charge in [0.15, 0.2) is 0 Å². The smallest absolute Gasteiger partial charge is 0.254 e. The number of nitrogens with one attached hydrogen (secondary N) is 2. The number of anilines is 1. The van der Waals surface area contributed by atoms with E-state index in [0.29, 0.717) is 47.7 Å². The molecule has 0 radical (unpaired) electrons. The van der Waals surface area contributed by atoms with E-state index in [1.54, 1.807) is 24.3 Å². The molecule has 0 atom stereocenters. The van der Waals surface area contributed by atoms with Crippen LogP contribution in [0.5, 0.6) is 5.75 Å². The Kier molecular flexibility index (Phi) is 9.80. The fourth-order valence-corrected chi connectivity index (χ4v) is 5.15. The van der Waals surface area contributed by atoms with Crippen LogP contribution in [0.3, 0.4) is 0 Å². The van der Waals surface area contributed by atoms with E-state index in [2.05, 4.69) is 20.6 Å². The van der Waals surface area contributed by atoms with Gasteiger partial charge in [0, 0.05) is 44.0 Å². The highest BCUT2D eigenvalue weighted by molar-refractivity contribution is 6.33. The summed E-state index contributed by atoms with van der Waals surface area (Å²) in [5.41, 5.74) is 2.93. The Labute approximate surface area is 245 Å². The van der Waals surface area contributed by atoms with Crippen molar-refractivity contribution in [2.45, 2.75) is 44.8 Å². The Morgan fingerprint density at radius 3 is 2.68 bits per heavy atom. The number of fused-ring (bicyclic) bond motifs is 1. The van der Waals surface area contributed by atoms with Crippen molar-refractivity contribution in [3.05, 3.63) is 70.4 Å². The lowest BCUT2D eigenvalue weighted by Gasteiger charge is -2.28. The Hall–Kier alpha value is -3.73. The minimum Gasteiger partial charge on any atom is -0.497 e. The third-order valence-corrected chi connectivity index (χ3v) is 7.42. The summed E-state index contributed by atoms with van der Waals surface area (Å²) in [6.45, 7) is 5.56. The van der Waals surface area contributed by atoms with E-state index in [-0.39, 0.29) is 24.4 Å². The van der Waals surface area contributed by atoms with Crippen molar-refractivity contribution in [2.24, 2.45) is 0 Å². The number of carbonyl (C=O) groups is 2. The molecule has 1 aromatic heterocycles. The number of hydrogen-bond donors (Lipinski definition) is 3. The lowest BCUT2D eigenvalue weighted by Crippen LogP contribution is -2.46. The number of hydrogen-bond acceptors (Lipinski definition) is 8. The average Bonchev–Trinajstić information content (AvgIpc) is 3.29. The molecule has 2 aliphatic rings. The molecule has 1 saturated heterocycles. The number of ether oxygens (including phenoxy) is 2. The molecule has 0 spiro atoms. The summed E-state index contributed by atoms with van der Waals surface area (Å²) in [6, 6.07) is 13.4. The van der Waals surface area contributed by atoms with Crippen LogP contribution >= 0.6 is 11.6 Å². The molecule has 1 fully saturated rings. The number of carbonyl (C=O) groups excluding carboxylic acids is 2. The van der Waals surface area contributed by atoms with Crippen LogP contribution in [-0.2, 0) is 21.6 Å². The van der Waals surface area contributed by atoms with Gasteiger partial charge in [0.1, 0.15) is 12.3 Å². The number of methoxy groups -OCH3 is 1. The van der Waals surface area contributed by atoms with Crippen LogP contribution in [0.2, 0.25) is 5.02 Å². The van der Waals surface area contributed by atoms with Crippen molar-refractivity contribution in [3.63, 3.8) is 0 Å². The van der Waals surface area contributed by atoms with E-state index < -0.39 is 5.54 Å². The topological polar surface area (TPSA) is 126 Å². The maximum absolute atomic E-state index is 13.3. The van der Waals surface area contributed by atoms with Gasteiger partial charge in [-0.25, -0.2) is 9.97 Å². The molecular weight excluding hydrogens is 546 g/mol. The average molecular weight is 582 g/mol. The second-order valence-corrected chi connectivity index (χ2v) is 10.8. The van der Waals surface area contributed by atoms with Gasteiger partial charge < -0.3 is 30.1 Å². The molecule has 41 heavy (non-hydrogen) atoms. The van der Waals surface area contributed by atoms with E-state index >= 15 is 0 Å². The van der Waals surface area contributed by atoms with Gasteiger partial charge in [-0.15, -0.1) is 0 Å². The van der Waals surface area contributed by atoms with Crippen LogP contribution in [0, 0.1) is 0 Å². The third-order valence-electron chi connectivity index (χ3n) is 7.14. The zero-order valence-corrected chi connectivity index (χ0v) is 24.5. The number of aliphatic hydroxyl groups excluding tert-OH is 1. The third kappa shape index (κ3) is 7.13. The van der Waals surface area contributed by atoms with Crippen LogP contribution in [0.25, 0.3) is 11.3 Å². The number of aromatic nitrogens is 2. The Bertz CT molecular complexity index is 1390. The zero-order chi connectivity index (χ0) is 29.6. The normalized spacial score (nSPS) is 15.1. The van der Waals surface area contributed by atoms with Gasteiger partial charge >= 0.3 is 0 Å². The quantitative estimate of drug-likeness (QED) is 0.364. The van der Waals surface area contributed by atoms with Crippen molar-refractivity contribution in [1.29, 1.82) is 0 Å². The maximum Gasteiger partial charge on any atom is 0.254 e. The molecule has 3 aromatic rings. The maximum atomic E-state index is 13.3. The fraction of sp³-hybridized carbons (Fsp3) is 0.400. The molecule has 3 heterocycles. The Morgan fingerprint density at radius 1 is 1.20 bits per heavy atom. The van der Waals surface area contributed by atoms with Gasteiger partial charge in [-0.05, 0) is 56.0 Å². The van der Waals surface area contributed by atoms with Crippen molar-refractivity contribution in [1.82, 2.24) is 20.2 Å². The number of benzene rings is 2. The lowest BCUT2D eigenvalue weighted by molar-refractivity contribution is -0.123. The fourth-order valence-electron chi connectivity index (χ4n) is 4.95. The summed E-state index contributed by atoms with van der Waals surface area (Å²) in [5, 5.41) is 13.8.